The molecule has 0 radical (unpaired) electrons. The van der Waals surface area contributed by atoms with Crippen LogP contribution in [0.4, 0.5) is 5.82 Å². The number of anilines is 1. The van der Waals surface area contributed by atoms with Crippen molar-refractivity contribution in [1.29, 1.82) is 0 Å². The number of nitrogens with one attached hydrogen (secondary N) is 2. The fourth-order valence-electron chi connectivity index (χ4n) is 2.69. The Bertz CT molecular complexity index is 750. The minimum Gasteiger partial charge on any atom is -0.377 e. The summed E-state index contributed by atoms with van der Waals surface area (Å²) >= 11 is 0. The number of fused-ring (bicyclic) bond motifs is 1. The molecule has 1 aliphatic rings. The standard InChI is InChI=1S/C14H16N6O/c1-9-8-21-7-6-20(9)12-3-2-10-13(16-12)14(19-18-10)11-4-5-15-17-11/h2-5,9H,6-8H2,1H3,(H,15,17)(H,18,19)/t9-/m1/s1. The lowest BCUT2D eigenvalue weighted by Gasteiger charge is -2.34. The molecule has 0 unspecified atom stereocenters. The topological polar surface area (TPSA) is 82.7 Å². The van der Waals surface area contributed by atoms with E-state index in [4.69, 9.17) is 9.72 Å². The largest absolute Gasteiger partial charge is 0.377 e. The molecule has 1 saturated heterocycles. The van der Waals surface area contributed by atoms with E-state index in [1.165, 1.54) is 0 Å². The van der Waals surface area contributed by atoms with Crippen LogP contribution in [0, 0.1) is 0 Å². The first-order valence-corrected chi connectivity index (χ1v) is 7.02. The highest BCUT2D eigenvalue weighted by atomic mass is 16.5. The van der Waals surface area contributed by atoms with Gasteiger partial charge in [0.05, 0.1) is 24.8 Å². The van der Waals surface area contributed by atoms with E-state index in [0.717, 1.165) is 48.0 Å². The molecule has 4 rings (SSSR count). The number of rotatable bonds is 2. The summed E-state index contributed by atoms with van der Waals surface area (Å²) in [4.78, 5) is 7.06. The molecule has 3 aromatic heterocycles. The summed E-state index contributed by atoms with van der Waals surface area (Å²) in [6, 6.07) is 6.26. The minimum absolute atomic E-state index is 0.324. The van der Waals surface area contributed by atoms with Crippen LogP contribution < -0.4 is 4.90 Å². The molecule has 0 aromatic carbocycles. The van der Waals surface area contributed by atoms with Gasteiger partial charge >= 0.3 is 0 Å². The zero-order valence-corrected chi connectivity index (χ0v) is 11.7. The van der Waals surface area contributed by atoms with Gasteiger partial charge < -0.3 is 9.64 Å². The van der Waals surface area contributed by atoms with Gasteiger partial charge in [0, 0.05) is 12.7 Å². The summed E-state index contributed by atoms with van der Waals surface area (Å²) in [5.41, 5.74) is 3.32. The van der Waals surface area contributed by atoms with Crippen molar-refractivity contribution in [2.75, 3.05) is 24.7 Å². The molecule has 1 atom stereocenters. The van der Waals surface area contributed by atoms with Crippen molar-refractivity contribution in [3.8, 4) is 11.4 Å². The zero-order chi connectivity index (χ0) is 14.2. The molecule has 1 aliphatic heterocycles. The summed E-state index contributed by atoms with van der Waals surface area (Å²) < 4.78 is 5.49. The van der Waals surface area contributed by atoms with Gasteiger partial charge in [0.25, 0.3) is 0 Å². The first-order chi connectivity index (χ1) is 10.3. The highest BCUT2D eigenvalue weighted by Gasteiger charge is 2.21. The molecule has 7 nitrogen and oxygen atoms in total. The average Bonchev–Trinajstić information content (AvgIpc) is 3.16. The van der Waals surface area contributed by atoms with Gasteiger partial charge in [0.1, 0.15) is 22.7 Å². The smallest absolute Gasteiger partial charge is 0.139 e. The van der Waals surface area contributed by atoms with Crippen LogP contribution in [0.25, 0.3) is 22.4 Å². The Morgan fingerprint density at radius 3 is 3.05 bits per heavy atom. The molecule has 3 aromatic rings. The molecule has 1 fully saturated rings. The van der Waals surface area contributed by atoms with Crippen LogP contribution in [0.3, 0.4) is 0 Å². The lowest BCUT2D eigenvalue weighted by atomic mass is 10.2. The molecule has 108 valence electrons. The number of nitrogens with zero attached hydrogens (tertiary/aromatic N) is 4. The van der Waals surface area contributed by atoms with Crippen molar-refractivity contribution in [2.45, 2.75) is 13.0 Å². The number of aromatic amines is 2. The molecular formula is C14H16N6O. The fourth-order valence-corrected chi connectivity index (χ4v) is 2.69. The molecule has 0 aliphatic carbocycles. The summed E-state index contributed by atoms with van der Waals surface area (Å²) in [7, 11) is 0. The van der Waals surface area contributed by atoms with Gasteiger partial charge in [-0.3, -0.25) is 10.2 Å². The summed E-state index contributed by atoms with van der Waals surface area (Å²) in [6.07, 6.45) is 1.78. The molecule has 0 bridgehead atoms. The van der Waals surface area contributed by atoms with E-state index in [9.17, 15) is 0 Å². The third-order valence-electron chi connectivity index (χ3n) is 3.80. The SMILES string of the molecule is C[C@@H]1COCCN1c1ccc2[nH]nc(-c3cc[nH]n3)c2n1. The second-order valence-corrected chi connectivity index (χ2v) is 5.21. The van der Waals surface area contributed by atoms with E-state index in [2.05, 4.69) is 32.2 Å². The Morgan fingerprint density at radius 1 is 1.29 bits per heavy atom. The van der Waals surface area contributed by atoms with E-state index in [0.29, 0.717) is 6.04 Å². The van der Waals surface area contributed by atoms with Crippen molar-refractivity contribution < 1.29 is 4.74 Å². The second-order valence-electron chi connectivity index (χ2n) is 5.21. The molecule has 4 heterocycles. The third kappa shape index (κ3) is 2.06. The highest BCUT2D eigenvalue weighted by molar-refractivity contribution is 5.89. The third-order valence-corrected chi connectivity index (χ3v) is 3.80. The van der Waals surface area contributed by atoms with Gasteiger partial charge in [-0.25, -0.2) is 4.98 Å². The predicted octanol–water partition coefficient (Wildman–Crippen LogP) is 1.57. The van der Waals surface area contributed by atoms with Gasteiger partial charge in [-0.1, -0.05) is 0 Å². The summed E-state index contributed by atoms with van der Waals surface area (Å²) in [6.45, 7) is 4.48. The number of aromatic nitrogens is 5. The van der Waals surface area contributed by atoms with Gasteiger partial charge in [0.2, 0.25) is 0 Å². The van der Waals surface area contributed by atoms with E-state index >= 15 is 0 Å². The van der Waals surface area contributed by atoms with Crippen molar-refractivity contribution in [1.82, 2.24) is 25.4 Å². The predicted molar refractivity (Wildman–Crippen MR) is 79.1 cm³/mol. The monoisotopic (exact) mass is 284 g/mol. The summed E-state index contributed by atoms with van der Waals surface area (Å²) in [5.74, 6) is 0.955. The Labute approximate surface area is 121 Å². The normalized spacial score (nSPS) is 19.3. The van der Waals surface area contributed by atoms with Crippen LogP contribution in [0.15, 0.2) is 24.4 Å². The quantitative estimate of drug-likeness (QED) is 0.746. The van der Waals surface area contributed by atoms with Crippen LogP contribution >= 0.6 is 0 Å². The van der Waals surface area contributed by atoms with Crippen LogP contribution in [0.5, 0.6) is 0 Å². The Hall–Kier alpha value is -2.41. The maximum Gasteiger partial charge on any atom is 0.139 e. The molecule has 21 heavy (non-hydrogen) atoms. The van der Waals surface area contributed by atoms with Crippen molar-refractivity contribution in [3.05, 3.63) is 24.4 Å². The number of hydrogen-bond acceptors (Lipinski definition) is 5. The van der Waals surface area contributed by atoms with E-state index in [1.54, 1.807) is 6.20 Å². The Kier molecular flexibility index (Phi) is 2.85. The van der Waals surface area contributed by atoms with Crippen LogP contribution in [0.1, 0.15) is 6.92 Å². The molecule has 7 heteroatoms. The molecule has 2 N–H and O–H groups in total. The Balaban J connectivity index is 1.80. The number of H-pyrrole nitrogens is 2. The Morgan fingerprint density at radius 2 is 2.24 bits per heavy atom. The van der Waals surface area contributed by atoms with Crippen molar-refractivity contribution in [2.24, 2.45) is 0 Å². The van der Waals surface area contributed by atoms with Gasteiger partial charge in [-0.2, -0.15) is 10.2 Å². The number of ether oxygens (including phenoxy) is 1. The molecule has 0 amide bonds. The van der Waals surface area contributed by atoms with E-state index < -0.39 is 0 Å². The van der Waals surface area contributed by atoms with Gasteiger partial charge in [-0.05, 0) is 25.1 Å². The lowest BCUT2D eigenvalue weighted by Crippen LogP contribution is -2.44. The van der Waals surface area contributed by atoms with Crippen LogP contribution in [0.2, 0.25) is 0 Å². The zero-order valence-electron chi connectivity index (χ0n) is 11.7. The second kappa shape index (κ2) is 4.85. The number of hydrogen-bond donors (Lipinski definition) is 2. The first-order valence-electron chi connectivity index (χ1n) is 7.02. The molecule has 0 spiro atoms. The van der Waals surface area contributed by atoms with Crippen molar-refractivity contribution in [3.63, 3.8) is 0 Å². The fraction of sp³-hybridized carbons (Fsp3) is 0.357. The highest BCUT2D eigenvalue weighted by Crippen LogP contribution is 2.26. The van der Waals surface area contributed by atoms with Gasteiger partial charge in [0.15, 0.2) is 0 Å². The van der Waals surface area contributed by atoms with Crippen LogP contribution in [-0.4, -0.2) is 51.2 Å². The number of pyridine rings is 1. The van der Waals surface area contributed by atoms with Gasteiger partial charge in [-0.15, -0.1) is 0 Å². The van der Waals surface area contributed by atoms with E-state index in [-0.39, 0.29) is 0 Å². The lowest BCUT2D eigenvalue weighted by molar-refractivity contribution is 0.0986. The van der Waals surface area contributed by atoms with Crippen LogP contribution in [-0.2, 0) is 4.74 Å². The number of morpholine rings is 1. The molecular weight excluding hydrogens is 268 g/mol. The first kappa shape index (κ1) is 12.3. The maximum absolute atomic E-state index is 5.49. The molecule has 0 saturated carbocycles. The van der Waals surface area contributed by atoms with Crippen molar-refractivity contribution >= 4 is 16.9 Å². The van der Waals surface area contributed by atoms with E-state index in [1.807, 2.05) is 18.2 Å². The summed E-state index contributed by atoms with van der Waals surface area (Å²) in [5, 5.41) is 14.3. The maximum atomic E-state index is 5.49. The average molecular weight is 284 g/mol. The minimum atomic E-state index is 0.324.